The van der Waals surface area contributed by atoms with Gasteiger partial charge in [0.2, 0.25) is 0 Å². The third-order valence-corrected chi connectivity index (χ3v) is 4.80. The van der Waals surface area contributed by atoms with Gasteiger partial charge in [0, 0.05) is 26.7 Å². The third kappa shape index (κ3) is 7.40. The molecule has 150 valence electrons. The molecule has 2 heterocycles. The molecule has 7 heteroatoms. The number of rotatable bonds is 6. The lowest BCUT2D eigenvalue weighted by Gasteiger charge is -2.23. The maximum Gasteiger partial charge on any atom is 0.407 e. The molecule has 2 aliphatic rings. The highest BCUT2D eigenvalue weighted by atomic mass is 16.6. The molecule has 2 aliphatic heterocycles. The fourth-order valence-corrected chi connectivity index (χ4v) is 3.54. The summed E-state index contributed by atoms with van der Waals surface area (Å²) in [6, 6.07) is 0.110. The molecular formula is C19H37N5O2. The number of likely N-dealkylation sites (tertiary alicyclic amines) is 2. The fourth-order valence-electron chi connectivity index (χ4n) is 3.54. The first-order chi connectivity index (χ1) is 12.4. The van der Waals surface area contributed by atoms with Gasteiger partial charge in [-0.15, -0.1) is 0 Å². The van der Waals surface area contributed by atoms with Crippen LogP contribution in [0, 0.1) is 0 Å². The topological polar surface area (TPSA) is 69.2 Å². The summed E-state index contributed by atoms with van der Waals surface area (Å²) in [4.78, 5) is 21.1. The van der Waals surface area contributed by atoms with Crippen LogP contribution >= 0.6 is 0 Å². The molecule has 0 radical (unpaired) electrons. The zero-order valence-electron chi connectivity index (χ0n) is 17.0. The number of aliphatic imine (C=N–C) groups is 1. The van der Waals surface area contributed by atoms with E-state index in [1.54, 1.807) is 0 Å². The first-order valence-electron chi connectivity index (χ1n) is 10.0. The Hall–Kier alpha value is -1.50. The summed E-state index contributed by atoms with van der Waals surface area (Å²) in [7, 11) is 1.82. The van der Waals surface area contributed by atoms with Crippen molar-refractivity contribution in [1.29, 1.82) is 0 Å². The number of carbonyl (C=O) groups excluding carboxylic acids is 1. The van der Waals surface area contributed by atoms with Gasteiger partial charge in [0.1, 0.15) is 5.60 Å². The fraction of sp³-hybridized carbons (Fsp3) is 0.895. The number of nitrogens with one attached hydrogen (secondary N) is 2. The van der Waals surface area contributed by atoms with Crippen molar-refractivity contribution in [1.82, 2.24) is 20.4 Å². The maximum absolute atomic E-state index is 11.9. The minimum absolute atomic E-state index is 0.110. The van der Waals surface area contributed by atoms with Gasteiger partial charge in [0.15, 0.2) is 5.96 Å². The van der Waals surface area contributed by atoms with Gasteiger partial charge in [0.05, 0.1) is 6.04 Å². The molecule has 0 aromatic rings. The zero-order chi connectivity index (χ0) is 19.0. The molecule has 1 atom stereocenters. The minimum Gasteiger partial charge on any atom is -0.444 e. The second kappa shape index (κ2) is 10.00. The van der Waals surface area contributed by atoms with Crippen molar-refractivity contribution in [2.24, 2.45) is 4.99 Å². The number of unbranched alkanes of at least 4 members (excludes halogenated alkanes) is 1. The van der Waals surface area contributed by atoms with E-state index < -0.39 is 5.60 Å². The van der Waals surface area contributed by atoms with E-state index in [2.05, 4.69) is 25.4 Å². The van der Waals surface area contributed by atoms with Crippen LogP contribution in [0.1, 0.15) is 52.9 Å². The van der Waals surface area contributed by atoms with Gasteiger partial charge in [0.25, 0.3) is 0 Å². The lowest BCUT2D eigenvalue weighted by molar-refractivity contribution is 0.0507. The van der Waals surface area contributed by atoms with Crippen molar-refractivity contribution in [2.75, 3.05) is 46.3 Å². The molecule has 26 heavy (non-hydrogen) atoms. The van der Waals surface area contributed by atoms with E-state index in [0.717, 1.165) is 38.4 Å². The van der Waals surface area contributed by atoms with Crippen LogP contribution in [0.15, 0.2) is 4.99 Å². The number of amides is 1. The number of guanidine groups is 1. The smallest absolute Gasteiger partial charge is 0.407 e. The Morgan fingerprint density at radius 3 is 2.58 bits per heavy atom. The first-order valence-corrected chi connectivity index (χ1v) is 10.0. The van der Waals surface area contributed by atoms with E-state index in [-0.39, 0.29) is 12.1 Å². The Bertz CT molecular complexity index is 469. The highest BCUT2D eigenvalue weighted by Crippen LogP contribution is 2.12. The van der Waals surface area contributed by atoms with Crippen LogP contribution in [0.5, 0.6) is 0 Å². The Morgan fingerprint density at radius 2 is 1.92 bits per heavy atom. The van der Waals surface area contributed by atoms with Gasteiger partial charge in [-0.25, -0.2) is 4.79 Å². The maximum atomic E-state index is 11.9. The minimum atomic E-state index is -0.463. The van der Waals surface area contributed by atoms with Crippen LogP contribution in [0.2, 0.25) is 0 Å². The van der Waals surface area contributed by atoms with Crippen molar-refractivity contribution >= 4 is 12.1 Å². The van der Waals surface area contributed by atoms with E-state index in [1.807, 2.05) is 27.8 Å². The van der Waals surface area contributed by atoms with Gasteiger partial charge < -0.3 is 25.2 Å². The van der Waals surface area contributed by atoms with Crippen LogP contribution in [-0.4, -0.2) is 79.8 Å². The average Bonchev–Trinajstić information content (AvgIpc) is 3.21. The van der Waals surface area contributed by atoms with Crippen molar-refractivity contribution in [3.63, 3.8) is 0 Å². The van der Waals surface area contributed by atoms with Gasteiger partial charge in [-0.1, -0.05) is 0 Å². The molecule has 7 nitrogen and oxygen atoms in total. The summed E-state index contributed by atoms with van der Waals surface area (Å²) in [6.07, 6.45) is 5.68. The third-order valence-electron chi connectivity index (χ3n) is 4.80. The number of hydrogen-bond donors (Lipinski definition) is 2. The zero-order valence-corrected chi connectivity index (χ0v) is 17.0. The first kappa shape index (κ1) is 20.8. The second-order valence-corrected chi connectivity index (χ2v) is 8.31. The monoisotopic (exact) mass is 367 g/mol. The summed E-state index contributed by atoms with van der Waals surface area (Å²) in [5.74, 6) is 0.930. The van der Waals surface area contributed by atoms with E-state index in [1.165, 1.54) is 38.9 Å². The largest absolute Gasteiger partial charge is 0.444 e. The second-order valence-electron chi connectivity index (χ2n) is 8.31. The van der Waals surface area contributed by atoms with Gasteiger partial charge in [-0.3, -0.25) is 4.99 Å². The van der Waals surface area contributed by atoms with Gasteiger partial charge >= 0.3 is 6.09 Å². The number of ether oxygens (including phenoxy) is 1. The van der Waals surface area contributed by atoms with E-state index in [4.69, 9.17) is 4.74 Å². The highest BCUT2D eigenvalue weighted by molar-refractivity contribution is 5.80. The summed E-state index contributed by atoms with van der Waals surface area (Å²) in [6.45, 7) is 12.0. The van der Waals surface area contributed by atoms with E-state index >= 15 is 0 Å². The molecule has 0 saturated carbocycles. The molecule has 0 aromatic heterocycles. The molecule has 2 N–H and O–H groups in total. The SMILES string of the molecule is CN=C(NCCCCN1CCCC1)N1CCC(NC(=O)OC(C)(C)C)C1. The van der Waals surface area contributed by atoms with Crippen LogP contribution < -0.4 is 10.6 Å². The summed E-state index contributed by atoms with van der Waals surface area (Å²) < 4.78 is 5.34. The standard InChI is InChI=1S/C19H37N5O2/c1-19(2,3)26-18(25)22-16-9-14-24(15-16)17(20-4)21-10-5-6-11-23-12-7-8-13-23/h16H,5-15H2,1-4H3,(H,20,21)(H,22,25). The van der Waals surface area contributed by atoms with Crippen LogP contribution in [0.25, 0.3) is 0 Å². The normalized spacial score (nSPS) is 21.9. The number of nitrogens with zero attached hydrogens (tertiary/aromatic N) is 3. The molecule has 2 fully saturated rings. The lowest BCUT2D eigenvalue weighted by Crippen LogP contribution is -2.44. The molecule has 1 unspecified atom stereocenters. The van der Waals surface area contributed by atoms with E-state index in [9.17, 15) is 4.79 Å². The molecule has 2 saturated heterocycles. The van der Waals surface area contributed by atoms with Crippen molar-refractivity contribution in [3.05, 3.63) is 0 Å². The predicted molar refractivity (Wildman–Crippen MR) is 106 cm³/mol. The molecule has 0 aromatic carbocycles. The van der Waals surface area contributed by atoms with Gasteiger partial charge in [-0.2, -0.15) is 0 Å². The quantitative estimate of drug-likeness (QED) is 0.427. The molecular weight excluding hydrogens is 330 g/mol. The number of carbonyl (C=O) groups is 1. The van der Waals surface area contributed by atoms with Crippen molar-refractivity contribution in [3.8, 4) is 0 Å². The van der Waals surface area contributed by atoms with Crippen molar-refractivity contribution in [2.45, 2.75) is 64.5 Å². The van der Waals surface area contributed by atoms with Crippen LogP contribution in [0.3, 0.4) is 0 Å². The summed E-state index contributed by atoms with van der Waals surface area (Å²) >= 11 is 0. The molecule has 1 amide bonds. The summed E-state index contributed by atoms with van der Waals surface area (Å²) in [5, 5.41) is 6.42. The Morgan fingerprint density at radius 1 is 1.19 bits per heavy atom. The Kier molecular flexibility index (Phi) is 8.00. The highest BCUT2D eigenvalue weighted by Gasteiger charge is 2.27. The van der Waals surface area contributed by atoms with Crippen LogP contribution in [0.4, 0.5) is 4.79 Å². The molecule has 0 aliphatic carbocycles. The molecule has 2 rings (SSSR count). The number of hydrogen-bond acceptors (Lipinski definition) is 4. The summed E-state index contributed by atoms with van der Waals surface area (Å²) in [5.41, 5.74) is -0.463. The predicted octanol–water partition coefficient (Wildman–Crippen LogP) is 2.04. The van der Waals surface area contributed by atoms with Crippen LogP contribution in [-0.2, 0) is 4.74 Å². The lowest BCUT2D eigenvalue weighted by atomic mass is 10.2. The van der Waals surface area contributed by atoms with E-state index in [0.29, 0.717) is 0 Å². The molecule has 0 bridgehead atoms. The van der Waals surface area contributed by atoms with Gasteiger partial charge in [-0.05, 0) is 72.5 Å². The Labute approximate surface area is 158 Å². The number of alkyl carbamates (subject to hydrolysis) is 1. The van der Waals surface area contributed by atoms with Crippen molar-refractivity contribution < 1.29 is 9.53 Å². The Balaban J connectivity index is 1.62. The molecule has 0 spiro atoms. The average molecular weight is 368 g/mol.